The van der Waals surface area contributed by atoms with Crippen molar-refractivity contribution in [3.63, 3.8) is 0 Å². The number of nitrogens with zero attached hydrogens (tertiary/aromatic N) is 2. The van der Waals surface area contributed by atoms with Crippen LogP contribution in [0.15, 0.2) is 9.59 Å². The molecule has 2 rings (SSSR count). The fourth-order valence-corrected chi connectivity index (χ4v) is 4.59. The normalized spacial score (nSPS) is 18.6. The predicted octanol–water partition coefficient (Wildman–Crippen LogP) is 2.81. The molecule has 1 aromatic rings. The Morgan fingerprint density at radius 2 is 1.52 bits per heavy atom. The van der Waals surface area contributed by atoms with Gasteiger partial charge in [-0.3, -0.25) is 18.7 Å². The molecule has 0 atom stereocenters. The van der Waals surface area contributed by atoms with Crippen LogP contribution in [0.2, 0.25) is 0 Å². The maximum Gasteiger partial charge on any atom is 0.332 e. The molecule has 0 radical (unpaired) electrons. The number of carbonyl (C=O) groups is 1. The van der Waals surface area contributed by atoms with E-state index in [0.29, 0.717) is 25.9 Å². The van der Waals surface area contributed by atoms with Crippen LogP contribution < -0.4 is 22.3 Å². The molecule has 7 heteroatoms. The Bertz CT molecular complexity index is 817. The largest absolute Gasteiger partial charge is 0.383 e. The summed E-state index contributed by atoms with van der Waals surface area (Å²) in [5.41, 5.74) is 4.92. The Hall–Kier alpha value is -2.05. The van der Waals surface area contributed by atoms with E-state index in [4.69, 9.17) is 5.73 Å². The summed E-state index contributed by atoms with van der Waals surface area (Å²) in [7, 11) is 0. The van der Waals surface area contributed by atoms with E-state index >= 15 is 0 Å². The summed E-state index contributed by atoms with van der Waals surface area (Å²) >= 11 is 0. The lowest BCUT2D eigenvalue weighted by atomic mass is 9.72. The van der Waals surface area contributed by atoms with Crippen molar-refractivity contribution >= 4 is 17.4 Å². The van der Waals surface area contributed by atoms with Gasteiger partial charge < -0.3 is 11.1 Å². The van der Waals surface area contributed by atoms with Gasteiger partial charge in [0.25, 0.3) is 5.56 Å². The van der Waals surface area contributed by atoms with Gasteiger partial charge in [-0.05, 0) is 36.5 Å². The number of hydrogen-bond donors (Lipinski definition) is 2. The second kappa shape index (κ2) is 7.52. The first-order valence-electron chi connectivity index (χ1n) is 9.92. The van der Waals surface area contributed by atoms with Crippen molar-refractivity contribution in [3.05, 3.63) is 20.8 Å². The summed E-state index contributed by atoms with van der Waals surface area (Å²) in [6, 6.07) is 0. The molecule has 0 spiro atoms. The summed E-state index contributed by atoms with van der Waals surface area (Å²) in [6.07, 6.45) is 3.23. The highest BCUT2D eigenvalue weighted by Gasteiger charge is 2.51. The predicted molar refractivity (Wildman–Crippen MR) is 109 cm³/mol. The van der Waals surface area contributed by atoms with E-state index in [2.05, 4.69) is 33.0 Å². The maximum absolute atomic E-state index is 13.2. The van der Waals surface area contributed by atoms with Crippen molar-refractivity contribution in [3.8, 4) is 0 Å². The summed E-state index contributed by atoms with van der Waals surface area (Å²) in [6.45, 7) is 12.9. The molecule has 0 aliphatic heterocycles. The SMILES string of the molecule is CCCn1c(N)c(NC(=O)C2C(C)(C)CCC2(C)C)c(=O)n(CCC)c1=O. The highest BCUT2D eigenvalue weighted by atomic mass is 16.2. The number of carbonyl (C=O) groups excluding carboxylic acids is 1. The molecular formula is C20H34N4O3. The highest BCUT2D eigenvalue weighted by Crippen LogP contribution is 2.54. The van der Waals surface area contributed by atoms with Gasteiger partial charge in [-0.15, -0.1) is 0 Å². The number of nitrogens with two attached hydrogens (primary N) is 1. The lowest BCUT2D eigenvalue weighted by Crippen LogP contribution is -2.45. The average Bonchev–Trinajstić information content (AvgIpc) is 2.80. The van der Waals surface area contributed by atoms with E-state index in [-0.39, 0.29) is 34.2 Å². The van der Waals surface area contributed by atoms with E-state index in [1.807, 2.05) is 13.8 Å². The van der Waals surface area contributed by atoms with E-state index in [9.17, 15) is 14.4 Å². The van der Waals surface area contributed by atoms with Crippen LogP contribution in [0.5, 0.6) is 0 Å². The zero-order chi connectivity index (χ0) is 20.6. The molecule has 7 nitrogen and oxygen atoms in total. The van der Waals surface area contributed by atoms with Crippen LogP contribution in [0.3, 0.4) is 0 Å². The minimum absolute atomic E-state index is 0.0278. The van der Waals surface area contributed by atoms with Gasteiger partial charge in [0.1, 0.15) is 11.5 Å². The van der Waals surface area contributed by atoms with Crippen molar-refractivity contribution in [2.24, 2.45) is 16.7 Å². The number of anilines is 2. The van der Waals surface area contributed by atoms with E-state index < -0.39 is 11.2 Å². The molecule has 1 aliphatic rings. The second-order valence-corrected chi connectivity index (χ2v) is 9.05. The van der Waals surface area contributed by atoms with Gasteiger partial charge >= 0.3 is 5.69 Å². The van der Waals surface area contributed by atoms with Gasteiger partial charge in [-0.25, -0.2) is 4.79 Å². The molecule has 1 aliphatic carbocycles. The highest BCUT2D eigenvalue weighted by molar-refractivity contribution is 5.95. The molecule has 1 aromatic heterocycles. The van der Waals surface area contributed by atoms with Crippen LogP contribution in [0.25, 0.3) is 0 Å². The maximum atomic E-state index is 13.2. The zero-order valence-electron chi connectivity index (χ0n) is 17.5. The molecular weight excluding hydrogens is 344 g/mol. The Morgan fingerprint density at radius 3 is 2.00 bits per heavy atom. The third-order valence-electron chi connectivity index (χ3n) is 5.85. The van der Waals surface area contributed by atoms with Gasteiger partial charge in [0.15, 0.2) is 0 Å². The quantitative estimate of drug-likeness (QED) is 0.795. The fraction of sp³-hybridized carbons (Fsp3) is 0.750. The van der Waals surface area contributed by atoms with Crippen LogP contribution in [0.4, 0.5) is 11.5 Å². The third-order valence-corrected chi connectivity index (χ3v) is 5.85. The first-order chi connectivity index (χ1) is 12.5. The van der Waals surface area contributed by atoms with Gasteiger partial charge in [-0.1, -0.05) is 41.5 Å². The second-order valence-electron chi connectivity index (χ2n) is 9.05. The molecule has 1 amide bonds. The van der Waals surface area contributed by atoms with E-state index in [1.165, 1.54) is 9.13 Å². The standard InChI is InChI=1S/C20H34N4O3/c1-7-11-23-15(21)13(17(26)24(12-8-2)18(23)27)22-16(25)14-19(3,4)9-10-20(14,5)6/h14H,7-12,21H2,1-6H3,(H,22,25). The molecule has 1 heterocycles. The molecule has 3 N–H and O–H groups in total. The smallest absolute Gasteiger partial charge is 0.332 e. The Morgan fingerprint density at radius 1 is 1.04 bits per heavy atom. The van der Waals surface area contributed by atoms with Crippen LogP contribution in [0, 0.1) is 16.7 Å². The lowest BCUT2D eigenvalue weighted by Gasteiger charge is -2.34. The number of rotatable bonds is 6. The van der Waals surface area contributed by atoms with Crippen LogP contribution in [-0.2, 0) is 17.9 Å². The van der Waals surface area contributed by atoms with Crippen LogP contribution in [0.1, 0.15) is 67.2 Å². The van der Waals surface area contributed by atoms with Crippen molar-refractivity contribution in [1.29, 1.82) is 0 Å². The minimum atomic E-state index is -0.520. The third kappa shape index (κ3) is 3.82. The first-order valence-corrected chi connectivity index (χ1v) is 9.92. The van der Waals surface area contributed by atoms with E-state index in [0.717, 1.165) is 12.8 Å². The van der Waals surface area contributed by atoms with Gasteiger partial charge in [0.2, 0.25) is 5.91 Å². The molecule has 0 aromatic carbocycles. The fourth-order valence-electron chi connectivity index (χ4n) is 4.59. The lowest BCUT2D eigenvalue weighted by molar-refractivity contribution is -0.125. The Balaban J connectivity index is 2.54. The molecule has 27 heavy (non-hydrogen) atoms. The summed E-state index contributed by atoms with van der Waals surface area (Å²) in [4.78, 5) is 38.7. The first kappa shape index (κ1) is 21.3. The van der Waals surface area contributed by atoms with Gasteiger partial charge in [0.05, 0.1) is 0 Å². The molecule has 1 saturated carbocycles. The monoisotopic (exact) mass is 378 g/mol. The number of amides is 1. The van der Waals surface area contributed by atoms with Crippen molar-refractivity contribution in [2.45, 2.75) is 80.3 Å². The average molecular weight is 379 g/mol. The topological polar surface area (TPSA) is 99.1 Å². The molecule has 0 bridgehead atoms. The number of nitrogen functional groups attached to an aromatic ring is 1. The molecule has 152 valence electrons. The minimum Gasteiger partial charge on any atom is -0.383 e. The van der Waals surface area contributed by atoms with Gasteiger partial charge in [-0.2, -0.15) is 0 Å². The van der Waals surface area contributed by atoms with Crippen LogP contribution >= 0.6 is 0 Å². The molecule has 0 saturated heterocycles. The Kier molecular flexibility index (Phi) is 5.92. The van der Waals surface area contributed by atoms with Crippen molar-refractivity contribution in [2.75, 3.05) is 11.1 Å². The molecule has 0 unspecified atom stereocenters. The van der Waals surface area contributed by atoms with Gasteiger partial charge in [0, 0.05) is 19.0 Å². The van der Waals surface area contributed by atoms with Crippen molar-refractivity contribution < 1.29 is 4.79 Å². The molecule has 1 fully saturated rings. The Labute approximate surface area is 160 Å². The summed E-state index contributed by atoms with van der Waals surface area (Å²) < 4.78 is 2.56. The van der Waals surface area contributed by atoms with E-state index in [1.54, 1.807) is 0 Å². The number of nitrogens with one attached hydrogen (secondary N) is 1. The van der Waals surface area contributed by atoms with Crippen LogP contribution in [-0.4, -0.2) is 15.0 Å². The summed E-state index contributed by atoms with van der Waals surface area (Å²) in [5, 5.41) is 2.80. The number of aromatic nitrogens is 2. The zero-order valence-corrected chi connectivity index (χ0v) is 17.5. The number of hydrogen-bond acceptors (Lipinski definition) is 4. The summed E-state index contributed by atoms with van der Waals surface area (Å²) in [5.74, 6) is -0.396. The van der Waals surface area contributed by atoms with Crippen molar-refractivity contribution in [1.82, 2.24) is 9.13 Å².